The van der Waals surface area contributed by atoms with Gasteiger partial charge in [0.05, 0.1) is 11.0 Å². The minimum Gasteiger partial charge on any atom is -0.869 e. The van der Waals surface area contributed by atoms with E-state index in [1.54, 1.807) is 0 Å². The van der Waals surface area contributed by atoms with Crippen LogP contribution >= 0.6 is 0 Å². The van der Waals surface area contributed by atoms with Gasteiger partial charge < -0.3 is 5.11 Å². The zero-order valence-corrected chi connectivity index (χ0v) is 10.8. The van der Waals surface area contributed by atoms with Gasteiger partial charge in [-0.2, -0.15) is 0 Å². The van der Waals surface area contributed by atoms with Crippen LogP contribution in [0.4, 0.5) is 5.69 Å². The maximum atomic E-state index is 11.6. The molecule has 0 amide bonds. The predicted molar refractivity (Wildman–Crippen MR) is 56.4 cm³/mol. The average molecular weight is 341 g/mol. The Kier molecular flexibility index (Phi) is 3.58. The second-order valence-corrected chi connectivity index (χ2v) is 6.21. The van der Waals surface area contributed by atoms with Crippen molar-refractivity contribution < 1.29 is 31.2 Å². The van der Waals surface area contributed by atoms with Crippen LogP contribution in [0, 0.1) is 17.3 Å². The highest BCUT2D eigenvalue weighted by molar-refractivity contribution is 5.34. The van der Waals surface area contributed by atoms with E-state index in [0.29, 0.717) is 3.57 Å². The van der Waals surface area contributed by atoms with E-state index in [4.69, 9.17) is 0 Å². The van der Waals surface area contributed by atoms with Gasteiger partial charge in [0.15, 0.2) is 7.14 Å². The van der Waals surface area contributed by atoms with Gasteiger partial charge in [0.1, 0.15) is 0 Å². The standard InChI is InChI=1S/C12H8INO3/c15-12-7-6-10(14(16)17)8-11(12)13-9-4-2-1-3-5-9/h1-8H. The summed E-state index contributed by atoms with van der Waals surface area (Å²) in [6.45, 7) is 0. The van der Waals surface area contributed by atoms with Crippen LogP contribution in [0.5, 0.6) is 5.75 Å². The zero-order chi connectivity index (χ0) is 12.3. The Labute approximate surface area is 108 Å². The minimum atomic E-state index is -0.652. The number of non-ortho nitro benzene ring substituents is 1. The quantitative estimate of drug-likeness (QED) is 0.400. The van der Waals surface area contributed by atoms with E-state index in [1.807, 2.05) is 30.3 Å². The topological polar surface area (TPSA) is 66.2 Å². The number of rotatable bonds is 3. The molecule has 0 bridgehead atoms. The minimum absolute atomic E-state index is 0.0183. The van der Waals surface area contributed by atoms with Crippen LogP contribution in [0.1, 0.15) is 0 Å². The Bertz CT molecular complexity index is 543. The van der Waals surface area contributed by atoms with Crippen LogP contribution in [0.3, 0.4) is 0 Å². The molecule has 4 nitrogen and oxygen atoms in total. The van der Waals surface area contributed by atoms with Crippen LogP contribution in [-0.4, -0.2) is 4.92 Å². The highest BCUT2D eigenvalue weighted by atomic mass is 127. The van der Waals surface area contributed by atoms with Crippen LogP contribution in [0.25, 0.3) is 0 Å². The molecule has 0 saturated carbocycles. The fourth-order valence-corrected chi connectivity index (χ4v) is 3.64. The van der Waals surface area contributed by atoms with Crippen molar-refractivity contribution in [1.82, 2.24) is 0 Å². The highest BCUT2D eigenvalue weighted by Gasteiger charge is 2.19. The molecule has 0 aromatic heterocycles. The lowest BCUT2D eigenvalue weighted by Crippen LogP contribution is -3.61. The number of hydrogen-bond acceptors (Lipinski definition) is 3. The summed E-state index contributed by atoms with van der Waals surface area (Å²) in [7, 11) is 0. The summed E-state index contributed by atoms with van der Waals surface area (Å²) in [6, 6.07) is 13.5. The molecule has 0 atom stereocenters. The monoisotopic (exact) mass is 341 g/mol. The van der Waals surface area contributed by atoms with Crippen LogP contribution < -0.4 is 26.3 Å². The molecule has 0 spiro atoms. The largest absolute Gasteiger partial charge is 0.869 e. The lowest BCUT2D eigenvalue weighted by molar-refractivity contribution is -0.603. The molecule has 0 radical (unpaired) electrons. The van der Waals surface area contributed by atoms with Crippen molar-refractivity contribution in [1.29, 1.82) is 0 Å². The Hall–Kier alpha value is -1.63. The molecule has 2 aromatic rings. The first kappa shape index (κ1) is 11.8. The van der Waals surface area contributed by atoms with E-state index < -0.39 is 26.1 Å². The van der Waals surface area contributed by atoms with Crippen molar-refractivity contribution >= 4 is 5.69 Å². The second kappa shape index (κ2) is 5.13. The van der Waals surface area contributed by atoms with Gasteiger partial charge in [-0.25, -0.2) is 0 Å². The first-order valence-corrected chi connectivity index (χ1v) is 6.98. The number of halogens is 1. The maximum absolute atomic E-state index is 11.6. The molecule has 2 rings (SSSR count). The van der Waals surface area contributed by atoms with Crippen molar-refractivity contribution in [2.75, 3.05) is 0 Å². The molecule has 5 heteroatoms. The molecule has 2 aromatic carbocycles. The fourth-order valence-electron chi connectivity index (χ4n) is 1.27. The summed E-state index contributed by atoms with van der Waals surface area (Å²) in [5.41, 5.74) is -0.0183. The third kappa shape index (κ3) is 2.94. The van der Waals surface area contributed by atoms with Crippen LogP contribution in [-0.2, 0) is 0 Å². The van der Waals surface area contributed by atoms with Gasteiger partial charge in [0.25, 0.3) is 5.69 Å². The van der Waals surface area contributed by atoms with Crippen molar-refractivity contribution in [3.8, 4) is 5.75 Å². The summed E-state index contributed by atoms with van der Waals surface area (Å²) < 4.78 is 1.63. The van der Waals surface area contributed by atoms with E-state index in [0.717, 1.165) is 3.57 Å². The summed E-state index contributed by atoms with van der Waals surface area (Å²) in [4.78, 5) is 10.2. The SMILES string of the molecule is O=[N+]([O-])c1ccc([O-])c([I+]c2ccccc2)c1. The molecule has 0 unspecified atom stereocenters. The number of hydrogen-bond donors (Lipinski definition) is 0. The summed E-state index contributed by atoms with van der Waals surface area (Å²) in [5, 5.41) is 22.2. The Morgan fingerprint density at radius 3 is 2.41 bits per heavy atom. The van der Waals surface area contributed by atoms with Gasteiger partial charge in [0, 0.05) is 6.07 Å². The van der Waals surface area contributed by atoms with Crippen LogP contribution in [0.2, 0.25) is 0 Å². The lowest BCUT2D eigenvalue weighted by Gasteiger charge is -2.03. The van der Waals surface area contributed by atoms with Crippen molar-refractivity contribution in [2.45, 2.75) is 0 Å². The van der Waals surface area contributed by atoms with Gasteiger partial charge in [0.2, 0.25) is 0 Å². The summed E-state index contributed by atoms with van der Waals surface area (Å²) in [6.07, 6.45) is 0. The number of benzene rings is 2. The third-order valence-electron chi connectivity index (χ3n) is 2.07. The number of nitro benzene ring substituents is 1. The van der Waals surface area contributed by atoms with Crippen molar-refractivity contribution in [3.63, 3.8) is 0 Å². The number of nitro groups is 1. The highest BCUT2D eigenvalue weighted by Crippen LogP contribution is 2.13. The molecule has 0 saturated heterocycles. The average Bonchev–Trinajstić information content (AvgIpc) is 2.33. The first-order chi connectivity index (χ1) is 8.16. The van der Waals surface area contributed by atoms with Gasteiger partial charge in [-0.15, -0.1) is 0 Å². The zero-order valence-electron chi connectivity index (χ0n) is 8.67. The third-order valence-corrected chi connectivity index (χ3v) is 4.84. The van der Waals surface area contributed by atoms with E-state index in [1.165, 1.54) is 18.2 Å². The Balaban J connectivity index is 2.32. The molecule has 0 heterocycles. The van der Waals surface area contributed by atoms with Gasteiger partial charge in [-0.1, -0.05) is 30.0 Å². The van der Waals surface area contributed by atoms with Crippen molar-refractivity contribution in [3.05, 3.63) is 65.8 Å². The molecule has 0 aliphatic rings. The van der Waals surface area contributed by atoms with Gasteiger partial charge in [-0.05, 0) is 12.1 Å². The van der Waals surface area contributed by atoms with Gasteiger partial charge >= 0.3 is 21.2 Å². The van der Waals surface area contributed by atoms with E-state index in [9.17, 15) is 15.2 Å². The second-order valence-electron chi connectivity index (χ2n) is 3.26. The molecular weight excluding hydrogens is 333 g/mol. The summed E-state index contributed by atoms with van der Waals surface area (Å²) in [5.74, 6) is -0.118. The smallest absolute Gasteiger partial charge is 0.357 e. The normalized spacial score (nSPS) is 10.1. The molecule has 0 aliphatic carbocycles. The van der Waals surface area contributed by atoms with E-state index in [-0.39, 0.29) is 11.4 Å². The summed E-state index contributed by atoms with van der Waals surface area (Å²) >= 11 is -0.652. The van der Waals surface area contributed by atoms with E-state index >= 15 is 0 Å². The maximum Gasteiger partial charge on any atom is 0.357 e. The van der Waals surface area contributed by atoms with Crippen molar-refractivity contribution in [2.24, 2.45) is 0 Å². The molecule has 0 aliphatic heterocycles. The molecule has 86 valence electrons. The fraction of sp³-hybridized carbons (Fsp3) is 0. The van der Waals surface area contributed by atoms with E-state index in [2.05, 4.69) is 0 Å². The lowest BCUT2D eigenvalue weighted by atomic mass is 10.3. The molecule has 0 fully saturated rings. The molecule has 17 heavy (non-hydrogen) atoms. The first-order valence-electron chi connectivity index (χ1n) is 4.82. The molecule has 0 N–H and O–H groups in total. The Morgan fingerprint density at radius 1 is 1.06 bits per heavy atom. The number of nitrogens with zero attached hydrogens (tertiary/aromatic N) is 1. The molecular formula is C12H8INO3. The van der Waals surface area contributed by atoms with Gasteiger partial charge in [-0.3, -0.25) is 10.1 Å². The van der Waals surface area contributed by atoms with Crippen LogP contribution in [0.15, 0.2) is 48.5 Å². The Morgan fingerprint density at radius 2 is 1.76 bits per heavy atom. The predicted octanol–water partition coefficient (Wildman–Crippen LogP) is -1.20.